The maximum absolute atomic E-state index is 13.0. The van der Waals surface area contributed by atoms with Gasteiger partial charge in [0.1, 0.15) is 5.71 Å². The van der Waals surface area contributed by atoms with Crippen LogP contribution in [0.15, 0.2) is 77.7 Å². The maximum atomic E-state index is 13.0. The van der Waals surface area contributed by atoms with Crippen LogP contribution in [-0.4, -0.2) is 29.4 Å². The molecule has 5 nitrogen and oxygen atoms in total. The van der Waals surface area contributed by atoms with Crippen LogP contribution in [-0.2, 0) is 11.2 Å². The van der Waals surface area contributed by atoms with E-state index in [1.807, 2.05) is 18.2 Å². The lowest BCUT2D eigenvalue weighted by Gasteiger charge is -2.17. The fourth-order valence-corrected chi connectivity index (χ4v) is 3.38. The average molecular weight is 490 g/mol. The molecule has 2 aromatic rings. The maximum Gasteiger partial charge on any atom is 0.432 e. The van der Waals surface area contributed by atoms with E-state index in [1.165, 1.54) is 24.3 Å². The highest BCUT2D eigenvalue weighted by Crippen LogP contribution is 2.25. The first-order chi connectivity index (χ1) is 16.2. The summed E-state index contributed by atoms with van der Waals surface area (Å²) < 4.78 is 44.3. The lowest BCUT2D eigenvalue weighted by Crippen LogP contribution is -2.22. The van der Waals surface area contributed by atoms with Crippen LogP contribution in [0.4, 0.5) is 13.2 Å². The molecule has 1 aliphatic rings. The van der Waals surface area contributed by atoms with E-state index in [4.69, 9.17) is 21.7 Å². The number of carbonyl (C=O) groups is 1. The molecule has 0 unspecified atom stereocenters. The Morgan fingerprint density at radius 3 is 2.59 bits per heavy atom. The topological polar surface area (TPSA) is 75.1 Å². The van der Waals surface area contributed by atoms with Gasteiger partial charge in [-0.2, -0.15) is 13.2 Å². The number of hydrogen-bond acceptors (Lipinski definition) is 5. The molecule has 0 amide bonds. The number of alkyl halides is 3. The van der Waals surface area contributed by atoms with Crippen molar-refractivity contribution in [2.24, 2.45) is 0 Å². The van der Waals surface area contributed by atoms with Gasteiger partial charge < -0.3 is 10.1 Å². The highest BCUT2D eigenvalue weighted by atomic mass is 35.5. The Bertz CT molecular complexity index is 1110. The second kappa shape index (κ2) is 11.7. The van der Waals surface area contributed by atoms with Gasteiger partial charge >= 0.3 is 12.1 Å². The van der Waals surface area contributed by atoms with E-state index in [0.717, 1.165) is 18.4 Å². The van der Waals surface area contributed by atoms with Gasteiger partial charge in [0.2, 0.25) is 0 Å². The number of aryl methyl sites for hydroxylation is 1. The van der Waals surface area contributed by atoms with Crippen molar-refractivity contribution >= 4 is 29.0 Å². The Hall–Kier alpha value is -3.39. The molecule has 1 aromatic carbocycles. The third-order valence-electron chi connectivity index (χ3n) is 4.97. The number of benzene rings is 1. The van der Waals surface area contributed by atoms with Crippen molar-refractivity contribution in [1.29, 1.82) is 5.41 Å². The van der Waals surface area contributed by atoms with Crippen molar-refractivity contribution in [3.8, 4) is 0 Å². The molecule has 0 aliphatic heterocycles. The second-order valence-corrected chi connectivity index (χ2v) is 7.99. The van der Waals surface area contributed by atoms with Gasteiger partial charge in [-0.25, -0.2) is 4.79 Å². The quantitative estimate of drug-likeness (QED) is 0.250. The third-order valence-corrected chi connectivity index (χ3v) is 5.36. The number of allylic oxidation sites excluding steroid dienone is 4. The van der Waals surface area contributed by atoms with Gasteiger partial charge in [-0.05, 0) is 67.2 Å². The zero-order chi connectivity index (χ0) is 24.6. The van der Waals surface area contributed by atoms with Gasteiger partial charge in [-0.3, -0.25) is 10.4 Å². The molecule has 0 spiro atoms. The first-order valence-corrected chi connectivity index (χ1v) is 11.0. The van der Waals surface area contributed by atoms with Crippen molar-refractivity contribution in [1.82, 2.24) is 10.3 Å². The Morgan fingerprint density at radius 1 is 1.21 bits per heavy atom. The number of nitrogens with one attached hydrogen (secondary N) is 2. The first-order valence-electron chi connectivity index (χ1n) is 10.6. The van der Waals surface area contributed by atoms with Crippen molar-refractivity contribution < 1.29 is 22.7 Å². The van der Waals surface area contributed by atoms with Crippen molar-refractivity contribution in [3.05, 3.63) is 94.4 Å². The number of rotatable bonds is 9. The zero-order valence-corrected chi connectivity index (χ0v) is 18.9. The summed E-state index contributed by atoms with van der Waals surface area (Å²) in [6.45, 7) is 0.226. The van der Waals surface area contributed by atoms with E-state index >= 15 is 0 Å². The van der Waals surface area contributed by atoms with E-state index in [1.54, 1.807) is 18.5 Å². The fraction of sp³-hybridized carbons (Fsp3) is 0.240. The van der Waals surface area contributed by atoms with E-state index in [-0.39, 0.29) is 17.9 Å². The molecule has 1 heterocycles. The van der Waals surface area contributed by atoms with Crippen LogP contribution in [0.2, 0.25) is 0 Å². The summed E-state index contributed by atoms with van der Waals surface area (Å²) in [5, 5.41) is 10.7. The summed E-state index contributed by atoms with van der Waals surface area (Å²) in [6, 6.07) is 9.71. The first kappa shape index (κ1) is 25.2. The molecule has 0 saturated carbocycles. The van der Waals surface area contributed by atoms with E-state index in [2.05, 4.69) is 10.3 Å². The largest absolute Gasteiger partial charge is 0.462 e. The minimum Gasteiger partial charge on any atom is -0.462 e. The monoisotopic (exact) mass is 489 g/mol. The van der Waals surface area contributed by atoms with E-state index in [0.29, 0.717) is 35.2 Å². The predicted octanol–water partition coefficient (Wildman–Crippen LogP) is 6.18. The molecular weight excluding hydrogens is 467 g/mol. The van der Waals surface area contributed by atoms with Gasteiger partial charge in [0.25, 0.3) is 0 Å². The van der Waals surface area contributed by atoms with Crippen LogP contribution in [0, 0.1) is 5.41 Å². The Kier molecular flexibility index (Phi) is 8.65. The summed E-state index contributed by atoms with van der Waals surface area (Å²) in [4.78, 5) is 16.4. The molecule has 1 aliphatic carbocycles. The summed E-state index contributed by atoms with van der Waals surface area (Å²) in [5.41, 5.74) is 0.665. The summed E-state index contributed by atoms with van der Waals surface area (Å²) >= 11 is 6.21. The van der Waals surface area contributed by atoms with Crippen molar-refractivity contribution in [2.75, 3.05) is 6.61 Å². The molecule has 3 rings (SSSR count). The number of ether oxygens (including phenoxy) is 1. The molecule has 34 heavy (non-hydrogen) atoms. The normalized spacial score (nSPS) is 14.2. The van der Waals surface area contributed by atoms with Crippen molar-refractivity contribution in [3.63, 3.8) is 0 Å². The van der Waals surface area contributed by atoms with Gasteiger partial charge in [-0.1, -0.05) is 35.9 Å². The van der Waals surface area contributed by atoms with Crippen LogP contribution in [0.25, 0.3) is 5.70 Å². The number of pyridine rings is 1. The van der Waals surface area contributed by atoms with Gasteiger partial charge in [0.05, 0.1) is 17.9 Å². The number of esters is 1. The number of halogens is 4. The molecule has 1 aromatic heterocycles. The van der Waals surface area contributed by atoms with Crippen LogP contribution in [0.5, 0.6) is 0 Å². The minimum atomic E-state index is -4.80. The van der Waals surface area contributed by atoms with E-state index < -0.39 is 17.9 Å². The molecule has 0 atom stereocenters. The molecule has 0 saturated heterocycles. The lowest BCUT2D eigenvalue weighted by atomic mass is 10.1. The second-order valence-electron chi connectivity index (χ2n) is 7.53. The van der Waals surface area contributed by atoms with Crippen LogP contribution < -0.4 is 5.32 Å². The molecule has 178 valence electrons. The fourth-order valence-electron chi connectivity index (χ4n) is 3.17. The van der Waals surface area contributed by atoms with Gasteiger partial charge in [-0.15, -0.1) is 0 Å². The molecule has 0 fully saturated rings. The highest BCUT2D eigenvalue weighted by Gasteiger charge is 2.33. The smallest absolute Gasteiger partial charge is 0.432 e. The number of nitrogens with zero attached hydrogens (tertiary/aromatic N) is 1. The summed E-state index contributed by atoms with van der Waals surface area (Å²) in [5.74, 6) is -0.528. The average Bonchev–Trinajstić information content (AvgIpc) is 2.82. The zero-order valence-electron chi connectivity index (χ0n) is 18.2. The van der Waals surface area contributed by atoms with Crippen LogP contribution in [0.3, 0.4) is 0 Å². The van der Waals surface area contributed by atoms with Crippen molar-refractivity contribution in [2.45, 2.75) is 31.9 Å². The number of aromatic nitrogens is 1. The molecule has 9 heteroatoms. The SMILES string of the molecule is N=C(/C=C(\NC1=C(Cl)CCC=C1)c1ccc(C(=O)OCCCc2cccnc2)cc1)C(F)(F)F. The Labute approximate surface area is 200 Å². The van der Waals surface area contributed by atoms with E-state index in [9.17, 15) is 18.0 Å². The minimum absolute atomic E-state index is 0.0402. The van der Waals surface area contributed by atoms with Gasteiger partial charge in [0, 0.05) is 23.1 Å². The van der Waals surface area contributed by atoms with Gasteiger partial charge in [0.15, 0.2) is 0 Å². The molecular formula is C25H23ClF3N3O2. The Balaban J connectivity index is 1.68. The predicted molar refractivity (Wildman–Crippen MR) is 125 cm³/mol. The number of carbonyl (C=O) groups excluding carboxylic acids is 1. The van der Waals surface area contributed by atoms with Crippen LogP contribution >= 0.6 is 11.6 Å². The lowest BCUT2D eigenvalue weighted by molar-refractivity contribution is -0.0584. The summed E-state index contributed by atoms with van der Waals surface area (Å²) in [6.07, 6.45) is 5.54. The molecule has 0 bridgehead atoms. The Morgan fingerprint density at radius 2 is 1.94 bits per heavy atom. The number of hydrogen-bond donors (Lipinski definition) is 2. The third kappa shape index (κ3) is 7.31. The highest BCUT2D eigenvalue weighted by molar-refractivity contribution is 6.30. The standard InChI is InChI=1S/C25H23ClF3N3O2/c26-20-7-1-2-8-21(20)32-22(15-23(30)25(27,28)29)18-9-11-19(12-10-18)24(33)34-14-4-6-17-5-3-13-31-16-17/h2-3,5,8-13,15-16,30,32H,1,4,6-7,14H2/b22-15-,30-23?. The van der Waals surface area contributed by atoms with Crippen LogP contribution in [0.1, 0.15) is 40.7 Å². The summed E-state index contributed by atoms with van der Waals surface area (Å²) in [7, 11) is 0. The molecule has 2 N–H and O–H groups in total. The molecule has 0 radical (unpaired) electrons.